The molecule has 1 heteroatoms. The van der Waals surface area contributed by atoms with E-state index < -0.39 is 0 Å². The summed E-state index contributed by atoms with van der Waals surface area (Å²) in [6, 6.07) is 6.03. The zero-order chi connectivity index (χ0) is 12.8. The van der Waals surface area contributed by atoms with Gasteiger partial charge in [-0.3, -0.25) is 4.79 Å². The predicted molar refractivity (Wildman–Crippen MR) is 73.6 cm³/mol. The molecule has 0 aliphatic heterocycles. The quantitative estimate of drug-likeness (QED) is 0.650. The maximum absolute atomic E-state index is 12.5. The number of carbonyl (C=O) groups is 1. The fraction of sp³-hybridized carbons (Fsp3) is 0.562. The van der Waals surface area contributed by atoms with Gasteiger partial charge in [0.25, 0.3) is 0 Å². The average molecular weight is 232 g/mol. The van der Waals surface area contributed by atoms with E-state index in [2.05, 4.69) is 33.8 Å². The monoisotopic (exact) mass is 232 g/mol. The second-order valence-corrected chi connectivity index (χ2v) is 4.86. The maximum atomic E-state index is 12.5. The van der Waals surface area contributed by atoms with Crippen LogP contribution in [0.4, 0.5) is 0 Å². The Kier molecular flexibility index (Phi) is 5.40. The molecule has 0 radical (unpaired) electrons. The molecule has 0 amide bonds. The number of rotatable bonds is 6. The van der Waals surface area contributed by atoms with Crippen LogP contribution >= 0.6 is 0 Å². The topological polar surface area (TPSA) is 17.1 Å². The van der Waals surface area contributed by atoms with E-state index in [1.165, 1.54) is 5.56 Å². The third kappa shape index (κ3) is 3.42. The van der Waals surface area contributed by atoms with Gasteiger partial charge in [-0.2, -0.15) is 0 Å². The minimum Gasteiger partial charge on any atom is -0.294 e. The molecule has 0 saturated heterocycles. The molecule has 1 unspecified atom stereocenters. The molecule has 0 aromatic heterocycles. The van der Waals surface area contributed by atoms with Gasteiger partial charge in [0, 0.05) is 11.5 Å². The Balaban J connectivity index is 2.90. The van der Waals surface area contributed by atoms with Gasteiger partial charge in [0.1, 0.15) is 0 Å². The molecule has 1 nitrogen and oxygen atoms in total. The van der Waals surface area contributed by atoms with E-state index >= 15 is 0 Å². The molecule has 0 saturated carbocycles. The van der Waals surface area contributed by atoms with Crippen molar-refractivity contribution in [3.63, 3.8) is 0 Å². The fourth-order valence-electron chi connectivity index (χ4n) is 2.21. The summed E-state index contributed by atoms with van der Waals surface area (Å²) in [5.74, 6) is 0.539. The molecule has 1 aromatic rings. The summed E-state index contributed by atoms with van der Waals surface area (Å²) in [5, 5.41) is 0. The summed E-state index contributed by atoms with van der Waals surface area (Å²) in [5.41, 5.74) is 3.28. The van der Waals surface area contributed by atoms with Crippen molar-refractivity contribution in [3.8, 4) is 0 Å². The summed E-state index contributed by atoms with van der Waals surface area (Å²) >= 11 is 0. The second kappa shape index (κ2) is 6.58. The normalized spacial score (nSPS) is 12.5. The van der Waals surface area contributed by atoms with Gasteiger partial charge in [0.15, 0.2) is 5.78 Å². The summed E-state index contributed by atoms with van der Waals surface area (Å²) in [7, 11) is 0. The first kappa shape index (κ1) is 14.0. The molecule has 0 fully saturated rings. The van der Waals surface area contributed by atoms with Crippen molar-refractivity contribution in [2.45, 2.75) is 53.4 Å². The lowest BCUT2D eigenvalue weighted by Gasteiger charge is -2.15. The molecular formula is C16H24O. The molecule has 1 rings (SSSR count). The lowest BCUT2D eigenvalue weighted by Crippen LogP contribution is -2.15. The fourth-order valence-corrected chi connectivity index (χ4v) is 2.21. The first-order valence-electron chi connectivity index (χ1n) is 6.72. The summed E-state index contributed by atoms with van der Waals surface area (Å²) in [6.07, 6.45) is 4.29. The predicted octanol–water partition coefficient (Wildman–Crippen LogP) is 4.70. The van der Waals surface area contributed by atoms with E-state index in [4.69, 9.17) is 0 Å². The van der Waals surface area contributed by atoms with Crippen LogP contribution in [0.3, 0.4) is 0 Å². The van der Waals surface area contributed by atoms with Crippen LogP contribution in [0.1, 0.15) is 61.0 Å². The molecule has 0 spiro atoms. The SMILES string of the molecule is CCCCC(CC)C(=O)c1cccc(C)c1C. The third-order valence-electron chi connectivity index (χ3n) is 3.64. The van der Waals surface area contributed by atoms with Gasteiger partial charge in [0.05, 0.1) is 0 Å². The maximum Gasteiger partial charge on any atom is 0.166 e. The molecule has 17 heavy (non-hydrogen) atoms. The molecular weight excluding hydrogens is 208 g/mol. The van der Waals surface area contributed by atoms with Crippen molar-refractivity contribution >= 4 is 5.78 Å². The Morgan fingerprint density at radius 3 is 2.53 bits per heavy atom. The van der Waals surface area contributed by atoms with Gasteiger partial charge in [-0.05, 0) is 37.8 Å². The minimum atomic E-state index is 0.204. The molecule has 0 N–H and O–H groups in total. The van der Waals surface area contributed by atoms with E-state index in [0.717, 1.165) is 36.8 Å². The zero-order valence-corrected chi connectivity index (χ0v) is 11.5. The highest BCUT2D eigenvalue weighted by Crippen LogP contribution is 2.22. The minimum absolute atomic E-state index is 0.204. The van der Waals surface area contributed by atoms with Crippen molar-refractivity contribution in [1.82, 2.24) is 0 Å². The Morgan fingerprint density at radius 2 is 1.94 bits per heavy atom. The van der Waals surface area contributed by atoms with Gasteiger partial charge in [-0.15, -0.1) is 0 Å². The molecule has 1 aromatic carbocycles. The number of hydrogen-bond donors (Lipinski definition) is 0. The molecule has 0 aliphatic rings. The average Bonchev–Trinajstić information content (AvgIpc) is 2.33. The largest absolute Gasteiger partial charge is 0.294 e. The lowest BCUT2D eigenvalue weighted by atomic mass is 9.88. The standard InChI is InChI=1S/C16H24O/c1-5-7-10-14(6-2)16(17)15-11-8-9-12(3)13(15)4/h8-9,11,14H,5-7,10H2,1-4H3. The van der Waals surface area contributed by atoms with Crippen molar-refractivity contribution in [2.75, 3.05) is 0 Å². The second-order valence-electron chi connectivity index (χ2n) is 4.86. The van der Waals surface area contributed by atoms with Crippen molar-refractivity contribution in [1.29, 1.82) is 0 Å². The van der Waals surface area contributed by atoms with Crippen LogP contribution in [0.2, 0.25) is 0 Å². The number of Topliss-reactive ketones (excluding diaryl/α,β-unsaturated/α-hetero) is 1. The van der Waals surface area contributed by atoms with Crippen LogP contribution in [0, 0.1) is 19.8 Å². The van der Waals surface area contributed by atoms with Gasteiger partial charge >= 0.3 is 0 Å². The Hall–Kier alpha value is -1.11. The van der Waals surface area contributed by atoms with E-state index in [-0.39, 0.29) is 5.92 Å². The van der Waals surface area contributed by atoms with Crippen LogP contribution < -0.4 is 0 Å². The molecule has 0 aliphatic carbocycles. The smallest absolute Gasteiger partial charge is 0.166 e. The van der Waals surface area contributed by atoms with Crippen LogP contribution in [-0.4, -0.2) is 5.78 Å². The van der Waals surface area contributed by atoms with Gasteiger partial charge < -0.3 is 0 Å². The molecule has 0 bridgehead atoms. The van der Waals surface area contributed by atoms with Gasteiger partial charge in [0.2, 0.25) is 0 Å². The Morgan fingerprint density at radius 1 is 1.24 bits per heavy atom. The number of carbonyl (C=O) groups excluding carboxylic acids is 1. The van der Waals surface area contributed by atoms with Crippen molar-refractivity contribution < 1.29 is 4.79 Å². The summed E-state index contributed by atoms with van der Waals surface area (Å²) < 4.78 is 0. The summed E-state index contributed by atoms with van der Waals surface area (Å²) in [6.45, 7) is 8.41. The van der Waals surface area contributed by atoms with E-state index in [1.54, 1.807) is 0 Å². The highest BCUT2D eigenvalue weighted by Gasteiger charge is 2.19. The van der Waals surface area contributed by atoms with Crippen LogP contribution in [-0.2, 0) is 0 Å². The van der Waals surface area contributed by atoms with E-state index in [1.807, 2.05) is 12.1 Å². The number of aryl methyl sites for hydroxylation is 1. The molecule has 94 valence electrons. The van der Waals surface area contributed by atoms with Crippen molar-refractivity contribution in [3.05, 3.63) is 34.9 Å². The van der Waals surface area contributed by atoms with Gasteiger partial charge in [-0.1, -0.05) is 44.9 Å². The number of benzene rings is 1. The van der Waals surface area contributed by atoms with Crippen LogP contribution in [0.25, 0.3) is 0 Å². The van der Waals surface area contributed by atoms with Crippen molar-refractivity contribution in [2.24, 2.45) is 5.92 Å². The third-order valence-corrected chi connectivity index (χ3v) is 3.64. The zero-order valence-electron chi connectivity index (χ0n) is 11.5. The Bertz CT molecular complexity index is 379. The van der Waals surface area contributed by atoms with Gasteiger partial charge in [-0.25, -0.2) is 0 Å². The summed E-state index contributed by atoms with van der Waals surface area (Å²) in [4.78, 5) is 12.5. The Labute approximate surface area is 105 Å². The number of unbranched alkanes of at least 4 members (excludes halogenated alkanes) is 1. The highest BCUT2D eigenvalue weighted by molar-refractivity contribution is 5.99. The highest BCUT2D eigenvalue weighted by atomic mass is 16.1. The molecule has 0 heterocycles. The van der Waals surface area contributed by atoms with Crippen LogP contribution in [0.15, 0.2) is 18.2 Å². The van der Waals surface area contributed by atoms with Crippen LogP contribution in [0.5, 0.6) is 0 Å². The molecule has 1 atom stereocenters. The number of hydrogen-bond acceptors (Lipinski definition) is 1. The van der Waals surface area contributed by atoms with E-state index in [0.29, 0.717) is 5.78 Å². The van der Waals surface area contributed by atoms with E-state index in [9.17, 15) is 4.79 Å². The number of ketones is 1. The first-order valence-corrected chi connectivity index (χ1v) is 6.72. The first-order chi connectivity index (χ1) is 8.11. The lowest BCUT2D eigenvalue weighted by molar-refractivity contribution is 0.0907.